The Balaban J connectivity index is 1.53. The van der Waals surface area contributed by atoms with Gasteiger partial charge in [-0.05, 0) is 61.0 Å². The maximum atomic E-state index is 13.5. The number of fused-ring (bicyclic) bond motifs is 1. The summed E-state index contributed by atoms with van der Waals surface area (Å²) in [4.78, 5) is 26.6. The number of allylic oxidation sites excluding steroid dienone is 1. The first-order chi connectivity index (χ1) is 17.4. The molecule has 0 saturated carbocycles. The Morgan fingerprint density at radius 1 is 0.917 bits per heavy atom. The van der Waals surface area contributed by atoms with Crippen LogP contribution in [-0.4, -0.2) is 21.6 Å². The number of nitrogens with zero attached hydrogens (tertiary/aromatic N) is 2. The van der Waals surface area contributed by atoms with Crippen molar-refractivity contribution in [2.75, 3.05) is 16.0 Å². The quantitative estimate of drug-likeness (QED) is 0.288. The molecule has 5 rings (SSSR count). The van der Waals surface area contributed by atoms with Crippen molar-refractivity contribution >= 4 is 44.9 Å². The molecule has 1 aromatic heterocycles. The summed E-state index contributed by atoms with van der Waals surface area (Å²) in [5.41, 5.74) is 3.32. The molecular weight excluding hydrogens is 525 g/mol. The van der Waals surface area contributed by atoms with Crippen LogP contribution in [0.5, 0.6) is 0 Å². The number of aromatic nitrogens is 2. The van der Waals surface area contributed by atoms with Gasteiger partial charge in [0.1, 0.15) is 23.2 Å². The van der Waals surface area contributed by atoms with Gasteiger partial charge in [-0.2, -0.15) is 5.10 Å². The number of halogens is 2. The van der Waals surface area contributed by atoms with Gasteiger partial charge in [0.05, 0.1) is 11.8 Å². The first kappa shape index (κ1) is 23.5. The molecule has 180 valence electrons. The topological polar surface area (TPSA) is 88.0 Å². The fraction of sp³-hybridized carbons (Fsp3) is 0.0741. The lowest BCUT2D eigenvalue weighted by Gasteiger charge is -2.30. The number of amides is 2. The van der Waals surface area contributed by atoms with Gasteiger partial charge in [0.25, 0.3) is 11.8 Å². The van der Waals surface area contributed by atoms with E-state index in [1.165, 1.54) is 30.5 Å². The monoisotopic (exact) mass is 545 g/mol. The molecule has 1 aliphatic heterocycles. The Bertz CT molecular complexity index is 1460. The fourth-order valence-corrected chi connectivity index (χ4v) is 4.38. The summed E-state index contributed by atoms with van der Waals surface area (Å²) >= 11 is 3.46. The molecule has 0 aliphatic carbocycles. The predicted octanol–water partition coefficient (Wildman–Crippen LogP) is 5.96. The number of anilines is 3. The van der Waals surface area contributed by atoms with Crippen molar-refractivity contribution in [3.63, 3.8) is 0 Å². The molecule has 9 heteroatoms. The van der Waals surface area contributed by atoms with Crippen LogP contribution in [0.3, 0.4) is 0 Å². The molecule has 0 fully saturated rings. The van der Waals surface area contributed by atoms with Gasteiger partial charge >= 0.3 is 0 Å². The molecule has 1 aliphatic rings. The molecule has 3 aromatic carbocycles. The molecule has 2 heterocycles. The number of nitrogens with one attached hydrogen (secondary N) is 3. The Labute approximate surface area is 215 Å². The van der Waals surface area contributed by atoms with E-state index in [9.17, 15) is 14.0 Å². The Hall–Kier alpha value is -4.24. The first-order valence-electron chi connectivity index (χ1n) is 11.1. The largest absolute Gasteiger partial charge is 0.343 e. The maximum Gasteiger partial charge on any atom is 0.261 e. The minimum atomic E-state index is -0.578. The lowest BCUT2D eigenvalue weighted by Crippen LogP contribution is -2.32. The second-order valence-corrected chi connectivity index (χ2v) is 9.17. The van der Waals surface area contributed by atoms with Gasteiger partial charge in [0.2, 0.25) is 0 Å². The SMILES string of the molecule is CC1=C(C(=O)Nc2ccccc2)[C@H](c2ccc(Br)cc2)n2ncc(C(=O)Nc3ccc(F)cc3)c2N1. The first-order valence-corrected chi connectivity index (χ1v) is 11.9. The van der Waals surface area contributed by atoms with E-state index >= 15 is 0 Å². The van der Waals surface area contributed by atoms with E-state index in [-0.39, 0.29) is 5.91 Å². The minimum absolute atomic E-state index is 0.280. The van der Waals surface area contributed by atoms with Crippen LogP contribution >= 0.6 is 15.9 Å². The highest BCUT2D eigenvalue weighted by Gasteiger charge is 2.35. The molecule has 36 heavy (non-hydrogen) atoms. The molecule has 0 bridgehead atoms. The lowest BCUT2D eigenvalue weighted by atomic mass is 9.94. The molecule has 2 amide bonds. The van der Waals surface area contributed by atoms with E-state index in [0.29, 0.717) is 34.0 Å². The Kier molecular flexibility index (Phi) is 6.39. The van der Waals surface area contributed by atoms with Crippen LogP contribution in [0.25, 0.3) is 0 Å². The van der Waals surface area contributed by atoms with Gasteiger partial charge in [-0.3, -0.25) is 9.59 Å². The van der Waals surface area contributed by atoms with E-state index in [0.717, 1.165) is 10.0 Å². The van der Waals surface area contributed by atoms with Gasteiger partial charge < -0.3 is 16.0 Å². The summed E-state index contributed by atoms with van der Waals surface area (Å²) in [5, 5.41) is 13.4. The maximum absolute atomic E-state index is 13.5. The highest BCUT2D eigenvalue weighted by molar-refractivity contribution is 9.10. The van der Waals surface area contributed by atoms with Crippen molar-refractivity contribution in [3.8, 4) is 0 Å². The number of hydrogen-bond donors (Lipinski definition) is 3. The summed E-state index contributed by atoms with van der Waals surface area (Å²) in [5.74, 6) is -0.624. The van der Waals surface area contributed by atoms with Crippen LogP contribution in [0, 0.1) is 5.82 Å². The summed E-state index contributed by atoms with van der Waals surface area (Å²) in [6, 6.07) is 21.7. The average molecular weight is 546 g/mol. The number of para-hydroxylation sites is 1. The molecular formula is C27H21BrFN5O2. The van der Waals surface area contributed by atoms with Gasteiger partial charge in [-0.15, -0.1) is 0 Å². The molecule has 0 spiro atoms. The fourth-order valence-electron chi connectivity index (χ4n) is 4.12. The normalized spacial score (nSPS) is 14.6. The van der Waals surface area contributed by atoms with Crippen molar-refractivity contribution < 1.29 is 14.0 Å². The number of hydrogen-bond acceptors (Lipinski definition) is 4. The summed E-state index contributed by atoms with van der Waals surface area (Å²) in [6.45, 7) is 1.80. The third kappa shape index (κ3) is 4.65. The van der Waals surface area contributed by atoms with Gasteiger partial charge in [-0.1, -0.05) is 46.3 Å². The molecule has 3 N–H and O–H groups in total. The molecule has 0 saturated heterocycles. The van der Waals surface area contributed by atoms with Crippen molar-refractivity contribution in [2.45, 2.75) is 13.0 Å². The van der Waals surface area contributed by atoms with Crippen molar-refractivity contribution in [3.05, 3.63) is 118 Å². The predicted molar refractivity (Wildman–Crippen MR) is 140 cm³/mol. The van der Waals surface area contributed by atoms with E-state index < -0.39 is 17.8 Å². The van der Waals surface area contributed by atoms with Crippen LogP contribution in [-0.2, 0) is 4.79 Å². The summed E-state index contributed by atoms with van der Waals surface area (Å²) in [6.07, 6.45) is 1.46. The van der Waals surface area contributed by atoms with Crippen LogP contribution in [0.1, 0.15) is 28.9 Å². The second-order valence-electron chi connectivity index (χ2n) is 8.25. The minimum Gasteiger partial charge on any atom is -0.343 e. The summed E-state index contributed by atoms with van der Waals surface area (Å²) in [7, 11) is 0. The zero-order chi connectivity index (χ0) is 25.2. The average Bonchev–Trinajstić information content (AvgIpc) is 3.29. The van der Waals surface area contributed by atoms with Crippen molar-refractivity contribution in [1.82, 2.24) is 9.78 Å². The number of carbonyl (C=O) groups excluding carboxylic acids is 2. The lowest BCUT2D eigenvalue weighted by molar-refractivity contribution is -0.113. The van der Waals surface area contributed by atoms with E-state index in [1.807, 2.05) is 54.6 Å². The van der Waals surface area contributed by atoms with Crippen LogP contribution < -0.4 is 16.0 Å². The summed E-state index contributed by atoms with van der Waals surface area (Å²) < 4.78 is 15.8. The van der Waals surface area contributed by atoms with Gasteiger partial charge in [0, 0.05) is 21.5 Å². The molecule has 0 unspecified atom stereocenters. The van der Waals surface area contributed by atoms with E-state index in [2.05, 4.69) is 37.0 Å². The zero-order valence-corrected chi connectivity index (χ0v) is 20.7. The molecule has 4 aromatic rings. The number of carbonyl (C=O) groups is 2. The molecule has 0 radical (unpaired) electrons. The Morgan fingerprint density at radius 3 is 2.25 bits per heavy atom. The van der Waals surface area contributed by atoms with Gasteiger partial charge in [-0.25, -0.2) is 9.07 Å². The standard InChI is InChI=1S/C27H21BrFN5O2/c1-16-23(27(36)33-20-5-3-2-4-6-20)24(17-7-9-18(28)10-8-17)34-25(31-16)22(15-30-34)26(35)32-21-13-11-19(29)12-14-21/h2-15,24,31H,1H3,(H,32,35)(H,33,36)/t24-/m0/s1. The van der Waals surface area contributed by atoms with E-state index in [1.54, 1.807) is 11.6 Å². The van der Waals surface area contributed by atoms with Crippen LogP contribution in [0.2, 0.25) is 0 Å². The highest BCUT2D eigenvalue weighted by Crippen LogP contribution is 2.38. The second kappa shape index (κ2) is 9.79. The van der Waals surface area contributed by atoms with Gasteiger partial charge in [0.15, 0.2) is 0 Å². The third-order valence-electron chi connectivity index (χ3n) is 5.83. The van der Waals surface area contributed by atoms with Crippen molar-refractivity contribution in [1.29, 1.82) is 0 Å². The molecule has 1 atom stereocenters. The smallest absolute Gasteiger partial charge is 0.261 e. The van der Waals surface area contributed by atoms with Crippen LogP contribution in [0.15, 0.2) is 101 Å². The zero-order valence-electron chi connectivity index (χ0n) is 19.1. The highest BCUT2D eigenvalue weighted by atomic mass is 79.9. The van der Waals surface area contributed by atoms with Crippen molar-refractivity contribution in [2.24, 2.45) is 0 Å². The van der Waals surface area contributed by atoms with Crippen LogP contribution in [0.4, 0.5) is 21.6 Å². The Morgan fingerprint density at radius 2 is 1.56 bits per heavy atom. The third-order valence-corrected chi connectivity index (χ3v) is 6.36. The molecule has 7 nitrogen and oxygen atoms in total. The number of rotatable bonds is 5. The van der Waals surface area contributed by atoms with E-state index in [4.69, 9.17) is 0 Å². The number of benzene rings is 3.